The van der Waals surface area contributed by atoms with Crippen LogP contribution < -0.4 is 9.47 Å². The lowest BCUT2D eigenvalue weighted by molar-refractivity contribution is -0.139. The van der Waals surface area contributed by atoms with Gasteiger partial charge in [0.05, 0.1) is 19.6 Å². The largest absolute Gasteiger partial charge is 0.493 e. The van der Waals surface area contributed by atoms with Gasteiger partial charge >= 0.3 is 5.97 Å². The monoisotopic (exact) mass is 278 g/mol. The van der Waals surface area contributed by atoms with E-state index >= 15 is 0 Å². The summed E-state index contributed by atoms with van der Waals surface area (Å²) in [6.07, 6.45) is 1.68. The van der Waals surface area contributed by atoms with Crippen LogP contribution in [0.15, 0.2) is 18.2 Å². The summed E-state index contributed by atoms with van der Waals surface area (Å²) in [5, 5.41) is 8.98. The highest BCUT2D eigenvalue weighted by Gasteiger charge is 2.46. The molecule has 3 unspecified atom stereocenters. The average Bonchev–Trinajstić information content (AvgIpc) is 3.21. The zero-order chi connectivity index (χ0) is 14.7. The molecule has 4 heteroatoms. The lowest BCUT2D eigenvalue weighted by Crippen LogP contribution is -2.08. The number of hydrogen-bond donors (Lipinski definition) is 1. The highest BCUT2D eigenvalue weighted by atomic mass is 16.5. The Morgan fingerprint density at radius 1 is 1.45 bits per heavy atom. The maximum Gasteiger partial charge on any atom is 0.306 e. The van der Waals surface area contributed by atoms with Crippen molar-refractivity contribution in [3.8, 4) is 11.5 Å². The summed E-state index contributed by atoms with van der Waals surface area (Å²) < 4.78 is 10.8. The summed E-state index contributed by atoms with van der Waals surface area (Å²) >= 11 is 0. The maximum absolute atomic E-state index is 10.9. The molecule has 1 aliphatic carbocycles. The molecular weight excluding hydrogens is 256 g/mol. The van der Waals surface area contributed by atoms with Gasteiger partial charge in [-0.2, -0.15) is 0 Å². The molecule has 0 saturated heterocycles. The minimum absolute atomic E-state index is 0.144. The molecule has 1 aromatic carbocycles. The van der Waals surface area contributed by atoms with E-state index in [-0.39, 0.29) is 5.92 Å². The first kappa shape index (κ1) is 14.7. The van der Waals surface area contributed by atoms with E-state index in [2.05, 4.69) is 6.92 Å². The number of carboxylic acid groups (broad SMARTS) is 1. The lowest BCUT2D eigenvalue weighted by Gasteiger charge is -2.14. The number of hydrogen-bond acceptors (Lipinski definition) is 3. The van der Waals surface area contributed by atoms with Crippen LogP contribution in [0, 0.1) is 17.8 Å². The Kier molecular flexibility index (Phi) is 4.53. The predicted octanol–water partition coefficient (Wildman–Crippen LogP) is 2.99. The van der Waals surface area contributed by atoms with Gasteiger partial charge in [0.25, 0.3) is 0 Å². The van der Waals surface area contributed by atoms with Crippen LogP contribution in [0.25, 0.3) is 0 Å². The van der Waals surface area contributed by atoms with Crippen LogP contribution >= 0.6 is 0 Å². The first-order valence-electron chi connectivity index (χ1n) is 7.09. The van der Waals surface area contributed by atoms with E-state index in [1.54, 1.807) is 7.11 Å². The second-order valence-corrected chi connectivity index (χ2v) is 5.44. The number of carboxylic acids is 1. The number of benzene rings is 1. The molecule has 0 amide bonds. The van der Waals surface area contributed by atoms with Gasteiger partial charge in [0.1, 0.15) is 0 Å². The van der Waals surface area contributed by atoms with Crippen molar-refractivity contribution in [1.82, 2.24) is 0 Å². The van der Waals surface area contributed by atoms with Crippen molar-refractivity contribution in [2.45, 2.75) is 26.7 Å². The Morgan fingerprint density at radius 2 is 2.20 bits per heavy atom. The van der Waals surface area contributed by atoms with Gasteiger partial charge in [0.15, 0.2) is 11.5 Å². The summed E-state index contributed by atoms with van der Waals surface area (Å²) in [4.78, 5) is 10.9. The molecule has 3 atom stereocenters. The molecule has 0 radical (unpaired) electrons. The van der Waals surface area contributed by atoms with Crippen LogP contribution in [0.3, 0.4) is 0 Å². The minimum Gasteiger partial charge on any atom is -0.493 e. The van der Waals surface area contributed by atoms with Gasteiger partial charge < -0.3 is 14.6 Å². The second-order valence-electron chi connectivity index (χ2n) is 5.44. The van der Waals surface area contributed by atoms with Crippen molar-refractivity contribution in [3.05, 3.63) is 23.8 Å². The third kappa shape index (κ3) is 3.24. The Bertz CT molecular complexity index is 483. The molecule has 0 aliphatic heterocycles. The number of methoxy groups -OCH3 is 1. The van der Waals surface area contributed by atoms with Gasteiger partial charge in [-0.1, -0.05) is 13.0 Å². The summed E-state index contributed by atoms with van der Waals surface area (Å²) in [6, 6.07) is 5.94. The van der Waals surface area contributed by atoms with E-state index in [9.17, 15) is 4.79 Å². The fraction of sp³-hybridized carbons (Fsp3) is 0.562. The Labute approximate surface area is 119 Å². The van der Waals surface area contributed by atoms with Crippen LogP contribution in [-0.2, 0) is 11.2 Å². The van der Waals surface area contributed by atoms with Gasteiger partial charge in [-0.3, -0.25) is 4.79 Å². The Morgan fingerprint density at radius 3 is 2.75 bits per heavy atom. The lowest BCUT2D eigenvalue weighted by atomic mass is 9.95. The van der Waals surface area contributed by atoms with E-state index in [0.29, 0.717) is 18.4 Å². The van der Waals surface area contributed by atoms with Gasteiger partial charge in [-0.25, -0.2) is 0 Å². The number of ether oxygens (including phenoxy) is 2. The molecule has 1 fully saturated rings. The normalized spacial score (nSPS) is 22.1. The summed E-state index contributed by atoms with van der Waals surface area (Å²) in [6.45, 7) is 4.67. The van der Waals surface area contributed by atoms with Gasteiger partial charge in [0.2, 0.25) is 0 Å². The molecule has 1 aliphatic rings. The van der Waals surface area contributed by atoms with Crippen molar-refractivity contribution in [2.75, 3.05) is 13.7 Å². The molecule has 1 N–H and O–H groups in total. The first-order chi connectivity index (χ1) is 9.56. The van der Waals surface area contributed by atoms with E-state index in [0.717, 1.165) is 29.9 Å². The van der Waals surface area contributed by atoms with Crippen molar-refractivity contribution >= 4 is 5.97 Å². The van der Waals surface area contributed by atoms with Crippen molar-refractivity contribution in [2.24, 2.45) is 17.8 Å². The molecule has 2 rings (SSSR count). The van der Waals surface area contributed by atoms with E-state index < -0.39 is 5.97 Å². The summed E-state index contributed by atoms with van der Waals surface area (Å²) in [5.74, 6) is 1.37. The number of carbonyl (C=O) groups is 1. The van der Waals surface area contributed by atoms with Crippen molar-refractivity contribution < 1.29 is 19.4 Å². The van der Waals surface area contributed by atoms with E-state index in [1.165, 1.54) is 0 Å². The molecule has 0 spiro atoms. The molecule has 110 valence electrons. The molecule has 0 aromatic heterocycles. The second kappa shape index (κ2) is 6.16. The van der Waals surface area contributed by atoms with Crippen molar-refractivity contribution in [1.29, 1.82) is 0 Å². The summed E-state index contributed by atoms with van der Waals surface area (Å²) in [7, 11) is 1.63. The molecular formula is C16H22O4. The van der Waals surface area contributed by atoms with E-state index in [4.69, 9.17) is 14.6 Å². The SMILES string of the molecule is CCOc1ccc(CC(C)C2CC2C(=O)O)cc1OC. The molecule has 20 heavy (non-hydrogen) atoms. The molecule has 1 aromatic rings. The van der Waals surface area contributed by atoms with Crippen molar-refractivity contribution in [3.63, 3.8) is 0 Å². The third-order valence-corrected chi connectivity index (χ3v) is 3.97. The van der Waals surface area contributed by atoms with E-state index in [1.807, 2.05) is 25.1 Å². The quantitative estimate of drug-likeness (QED) is 0.833. The molecule has 0 heterocycles. The van der Waals surface area contributed by atoms with Crippen LogP contribution in [0.4, 0.5) is 0 Å². The molecule has 1 saturated carbocycles. The fourth-order valence-electron chi connectivity index (χ4n) is 2.76. The molecule has 0 bridgehead atoms. The van der Waals surface area contributed by atoms with Gasteiger partial charge in [-0.05, 0) is 49.3 Å². The Hall–Kier alpha value is -1.71. The predicted molar refractivity (Wildman–Crippen MR) is 76.3 cm³/mol. The highest BCUT2D eigenvalue weighted by Crippen LogP contribution is 2.45. The summed E-state index contributed by atoms with van der Waals surface area (Å²) in [5.41, 5.74) is 1.16. The number of rotatable bonds is 7. The van der Waals surface area contributed by atoms with Crippen LogP contribution in [0.1, 0.15) is 25.8 Å². The fourth-order valence-corrected chi connectivity index (χ4v) is 2.76. The number of aliphatic carboxylic acids is 1. The van der Waals surface area contributed by atoms with Gasteiger partial charge in [0, 0.05) is 0 Å². The smallest absolute Gasteiger partial charge is 0.306 e. The topological polar surface area (TPSA) is 55.8 Å². The van der Waals surface area contributed by atoms with Crippen LogP contribution in [0.5, 0.6) is 11.5 Å². The standard InChI is InChI=1S/C16H22O4/c1-4-20-14-6-5-11(8-15(14)19-3)7-10(2)12-9-13(12)16(17)18/h5-6,8,10,12-13H,4,7,9H2,1-3H3,(H,17,18). The Balaban J connectivity index is 2.01. The zero-order valence-corrected chi connectivity index (χ0v) is 12.3. The zero-order valence-electron chi connectivity index (χ0n) is 12.3. The maximum atomic E-state index is 10.9. The van der Waals surface area contributed by atoms with Gasteiger partial charge in [-0.15, -0.1) is 0 Å². The van der Waals surface area contributed by atoms with Crippen LogP contribution in [0.2, 0.25) is 0 Å². The minimum atomic E-state index is -0.661. The molecule has 4 nitrogen and oxygen atoms in total. The average molecular weight is 278 g/mol. The highest BCUT2D eigenvalue weighted by molar-refractivity contribution is 5.73. The third-order valence-electron chi connectivity index (χ3n) is 3.97. The first-order valence-corrected chi connectivity index (χ1v) is 7.09. The van der Waals surface area contributed by atoms with Crippen LogP contribution in [-0.4, -0.2) is 24.8 Å².